The molecule has 0 bridgehead atoms. The van der Waals surface area contributed by atoms with Crippen LogP contribution in [-0.2, 0) is 4.74 Å². The zero-order valence-electron chi connectivity index (χ0n) is 21.2. The van der Waals surface area contributed by atoms with Gasteiger partial charge in [-0.05, 0) is 61.6 Å². The van der Waals surface area contributed by atoms with E-state index in [0.29, 0.717) is 52.9 Å². The lowest BCUT2D eigenvalue weighted by Gasteiger charge is -2.29. The van der Waals surface area contributed by atoms with Crippen molar-refractivity contribution in [1.82, 2.24) is 15.1 Å². The predicted octanol–water partition coefficient (Wildman–Crippen LogP) is 4.15. The van der Waals surface area contributed by atoms with E-state index < -0.39 is 6.04 Å². The lowest BCUT2D eigenvalue weighted by molar-refractivity contribution is 0.0495. The molecule has 9 nitrogen and oxygen atoms in total. The first-order valence-electron chi connectivity index (χ1n) is 12.0. The third-order valence-corrected chi connectivity index (χ3v) is 6.99. The Bertz CT molecular complexity index is 1260. The molecule has 190 valence electrons. The maximum absolute atomic E-state index is 13.7. The van der Waals surface area contributed by atoms with Crippen LogP contribution in [0.25, 0.3) is 11.3 Å². The van der Waals surface area contributed by atoms with Gasteiger partial charge in [0, 0.05) is 24.3 Å². The van der Waals surface area contributed by atoms with Crippen molar-refractivity contribution in [3.05, 3.63) is 52.2 Å². The van der Waals surface area contributed by atoms with Crippen molar-refractivity contribution in [2.45, 2.75) is 38.8 Å². The SMILES string of the molecule is COc1cc(C2c3c(-c4c(C)cc(C)cc4O)n[nH]c3C(=O)N2CC2CCCO2)cc(OC)c1OC. The predicted molar refractivity (Wildman–Crippen MR) is 133 cm³/mol. The topological polar surface area (TPSA) is 106 Å². The molecular weight excluding hydrogens is 462 g/mol. The number of aromatic nitrogens is 2. The summed E-state index contributed by atoms with van der Waals surface area (Å²) >= 11 is 0. The molecule has 2 aromatic carbocycles. The largest absolute Gasteiger partial charge is 0.507 e. The molecular formula is C27H31N3O6. The molecule has 3 heterocycles. The van der Waals surface area contributed by atoms with Crippen molar-refractivity contribution < 1.29 is 28.8 Å². The third kappa shape index (κ3) is 3.83. The minimum Gasteiger partial charge on any atom is -0.507 e. The molecule has 0 radical (unpaired) electrons. The molecule has 0 saturated carbocycles. The van der Waals surface area contributed by atoms with Gasteiger partial charge in [0.05, 0.1) is 33.5 Å². The first-order valence-corrected chi connectivity index (χ1v) is 12.0. The van der Waals surface area contributed by atoms with E-state index in [4.69, 9.17) is 18.9 Å². The number of aromatic amines is 1. The maximum Gasteiger partial charge on any atom is 0.273 e. The standard InChI is InChI=1S/C27H31N3O6/c1-14-9-15(2)21(18(31)10-14)23-22-24(29-28-23)27(32)30(13-17-7-6-8-36-17)25(22)16-11-19(33-3)26(35-5)20(12-16)34-4/h9-12,17,25,31H,6-8,13H2,1-5H3,(H,28,29). The van der Waals surface area contributed by atoms with Crippen LogP contribution in [0.1, 0.15) is 51.6 Å². The third-order valence-electron chi connectivity index (χ3n) is 6.99. The van der Waals surface area contributed by atoms with Crippen LogP contribution < -0.4 is 14.2 Å². The summed E-state index contributed by atoms with van der Waals surface area (Å²) in [5, 5.41) is 18.4. The molecule has 2 aliphatic rings. The normalized spacial score (nSPS) is 19.0. The van der Waals surface area contributed by atoms with Crippen LogP contribution in [0, 0.1) is 13.8 Å². The smallest absolute Gasteiger partial charge is 0.273 e. The number of benzene rings is 2. The number of carbonyl (C=O) groups excluding carboxylic acids is 1. The molecule has 9 heteroatoms. The summed E-state index contributed by atoms with van der Waals surface area (Å²) in [7, 11) is 4.68. The second kappa shape index (κ2) is 9.39. The highest BCUT2D eigenvalue weighted by Crippen LogP contribution is 2.49. The maximum atomic E-state index is 13.7. The van der Waals surface area contributed by atoms with Crippen LogP contribution in [0.5, 0.6) is 23.0 Å². The van der Waals surface area contributed by atoms with Gasteiger partial charge in [-0.15, -0.1) is 0 Å². The number of phenols is 1. The van der Waals surface area contributed by atoms with Gasteiger partial charge < -0.3 is 29.0 Å². The van der Waals surface area contributed by atoms with Crippen molar-refractivity contribution in [3.8, 4) is 34.3 Å². The number of fused-ring (bicyclic) bond motifs is 1. The lowest BCUT2D eigenvalue weighted by atomic mass is 9.92. The van der Waals surface area contributed by atoms with Gasteiger partial charge in [0.25, 0.3) is 5.91 Å². The minimum absolute atomic E-state index is 0.0478. The van der Waals surface area contributed by atoms with Gasteiger partial charge in [0.15, 0.2) is 11.5 Å². The molecule has 2 unspecified atom stereocenters. The van der Waals surface area contributed by atoms with E-state index in [1.165, 1.54) is 0 Å². The van der Waals surface area contributed by atoms with Crippen LogP contribution in [0.2, 0.25) is 0 Å². The van der Waals surface area contributed by atoms with Crippen molar-refractivity contribution in [1.29, 1.82) is 0 Å². The number of aryl methyl sites for hydroxylation is 2. The molecule has 0 aliphatic carbocycles. The highest BCUT2D eigenvalue weighted by Gasteiger charge is 2.44. The number of hydrogen-bond donors (Lipinski definition) is 2. The van der Waals surface area contributed by atoms with Gasteiger partial charge in [0.1, 0.15) is 17.1 Å². The molecule has 1 fully saturated rings. The number of phenolic OH excluding ortho intramolecular Hbond substituents is 1. The molecule has 0 spiro atoms. The fraction of sp³-hybridized carbons (Fsp3) is 0.407. The number of amides is 1. The monoisotopic (exact) mass is 493 g/mol. The number of hydrogen-bond acceptors (Lipinski definition) is 7. The Morgan fingerprint density at radius 2 is 1.83 bits per heavy atom. The minimum atomic E-state index is -0.501. The molecule has 36 heavy (non-hydrogen) atoms. The van der Waals surface area contributed by atoms with Gasteiger partial charge in [-0.25, -0.2) is 0 Å². The Morgan fingerprint density at radius 3 is 2.42 bits per heavy atom. The zero-order chi connectivity index (χ0) is 25.6. The summed E-state index contributed by atoms with van der Waals surface area (Å²) < 4.78 is 22.6. The zero-order valence-corrected chi connectivity index (χ0v) is 21.2. The summed E-state index contributed by atoms with van der Waals surface area (Å²) in [5.74, 6) is 1.41. The number of H-pyrrole nitrogens is 1. The van der Waals surface area contributed by atoms with Gasteiger partial charge in [-0.1, -0.05) is 6.07 Å². The van der Waals surface area contributed by atoms with Crippen LogP contribution >= 0.6 is 0 Å². The number of nitrogens with zero attached hydrogens (tertiary/aromatic N) is 2. The van der Waals surface area contributed by atoms with Crippen molar-refractivity contribution >= 4 is 5.91 Å². The Kier molecular flexibility index (Phi) is 6.26. The highest BCUT2D eigenvalue weighted by molar-refractivity contribution is 6.00. The van der Waals surface area contributed by atoms with Crippen LogP contribution in [0.4, 0.5) is 0 Å². The summed E-state index contributed by atoms with van der Waals surface area (Å²) in [4.78, 5) is 15.5. The first kappa shape index (κ1) is 24.0. The van der Waals surface area contributed by atoms with Gasteiger partial charge in [-0.2, -0.15) is 5.10 Å². The lowest BCUT2D eigenvalue weighted by Crippen LogP contribution is -2.36. The molecule has 1 aromatic heterocycles. The van der Waals surface area contributed by atoms with Gasteiger partial charge in [0.2, 0.25) is 5.75 Å². The van der Waals surface area contributed by atoms with E-state index in [0.717, 1.165) is 29.5 Å². The second-order valence-electron chi connectivity index (χ2n) is 9.29. The van der Waals surface area contributed by atoms with E-state index in [1.807, 2.05) is 36.9 Å². The number of nitrogens with one attached hydrogen (secondary N) is 1. The Hall–Kier alpha value is -3.72. The second-order valence-corrected chi connectivity index (χ2v) is 9.29. The molecule has 1 amide bonds. The quantitative estimate of drug-likeness (QED) is 0.509. The van der Waals surface area contributed by atoms with E-state index in [-0.39, 0.29) is 17.8 Å². The molecule has 1 saturated heterocycles. The van der Waals surface area contributed by atoms with Crippen molar-refractivity contribution in [2.75, 3.05) is 34.5 Å². The number of carbonyl (C=O) groups is 1. The van der Waals surface area contributed by atoms with E-state index in [1.54, 1.807) is 27.4 Å². The van der Waals surface area contributed by atoms with E-state index >= 15 is 0 Å². The molecule has 5 rings (SSSR count). The Balaban J connectivity index is 1.72. The van der Waals surface area contributed by atoms with Gasteiger partial charge >= 0.3 is 0 Å². The fourth-order valence-corrected chi connectivity index (χ4v) is 5.44. The summed E-state index contributed by atoms with van der Waals surface area (Å²) in [6.45, 7) is 4.98. The van der Waals surface area contributed by atoms with E-state index in [2.05, 4.69) is 10.2 Å². The van der Waals surface area contributed by atoms with Crippen molar-refractivity contribution in [2.24, 2.45) is 0 Å². The van der Waals surface area contributed by atoms with Crippen molar-refractivity contribution in [3.63, 3.8) is 0 Å². The average molecular weight is 494 g/mol. The molecule has 2 atom stereocenters. The Morgan fingerprint density at radius 1 is 1.11 bits per heavy atom. The van der Waals surface area contributed by atoms with Crippen LogP contribution in [0.15, 0.2) is 24.3 Å². The summed E-state index contributed by atoms with van der Waals surface area (Å²) in [6, 6.07) is 6.91. The molecule has 3 aromatic rings. The number of rotatable bonds is 7. The Labute approximate surface area is 209 Å². The van der Waals surface area contributed by atoms with Crippen LogP contribution in [0.3, 0.4) is 0 Å². The first-order chi connectivity index (χ1) is 17.4. The molecule has 2 N–H and O–H groups in total. The molecule has 2 aliphatic heterocycles. The summed E-state index contributed by atoms with van der Waals surface area (Å²) in [6.07, 6.45) is 1.81. The average Bonchev–Trinajstić information content (AvgIpc) is 3.57. The van der Waals surface area contributed by atoms with Crippen LogP contribution in [-0.4, -0.2) is 66.7 Å². The fourth-order valence-electron chi connectivity index (χ4n) is 5.44. The number of methoxy groups -OCH3 is 3. The number of ether oxygens (including phenoxy) is 4. The summed E-state index contributed by atoms with van der Waals surface area (Å²) in [5.41, 5.74) is 4.84. The van der Waals surface area contributed by atoms with Gasteiger partial charge in [-0.3, -0.25) is 9.89 Å². The highest BCUT2D eigenvalue weighted by atomic mass is 16.5. The van der Waals surface area contributed by atoms with E-state index in [9.17, 15) is 9.90 Å². The number of aromatic hydroxyl groups is 1.